The lowest BCUT2D eigenvalue weighted by Gasteiger charge is -2.19. The van der Waals surface area contributed by atoms with Crippen molar-refractivity contribution >= 4 is 29.0 Å². The second-order valence-corrected chi connectivity index (χ2v) is 6.77. The van der Waals surface area contributed by atoms with Crippen LogP contribution >= 0.6 is 0 Å². The van der Waals surface area contributed by atoms with E-state index >= 15 is 0 Å². The number of hydrogen-bond acceptors (Lipinski definition) is 4. The van der Waals surface area contributed by atoms with Gasteiger partial charge in [-0.15, -0.1) is 0 Å². The fourth-order valence-electron chi connectivity index (χ4n) is 3.44. The van der Waals surface area contributed by atoms with Crippen LogP contribution in [0.25, 0.3) is 23.1 Å². The lowest BCUT2D eigenvalue weighted by atomic mass is 10.1. The van der Waals surface area contributed by atoms with Crippen LogP contribution in [0.1, 0.15) is 41.4 Å². The molecule has 2 aromatic carbocycles. The fraction of sp³-hybridized carbons (Fsp3) is 0.273. The number of halogens is 1. The molecule has 0 atom stereocenters. The molecule has 0 amide bonds. The average molecular weight is 379 g/mol. The molecule has 4 rings (SSSR count). The van der Waals surface area contributed by atoms with Gasteiger partial charge in [-0.2, -0.15) is 9.89 Å². The predicted molar refractivity (Wildman–Crippen MR) is 108 cm³/mol. The highest BCUT2D eigenvalue weighted by atomic mass is 19.1. The van der Waals surface area contributed by atoms with Crippen LogP contribution in [0, 0.1) is 5.82 Å². The molecule has 1 fully saturated rings. The van der Waals surface area contributed by atoms with Crippen molar-refractivity contribution in [3.8, 4) is 0 Å². The van der Waals surface area contributed by atoms with Crippen molar-refractivity contribution in [3.63, 3.8) is 0 Å². The molecule has 5 nitrogen and oxygen atoms in total. The highest BCUT2D eigenvalue weighted by molar-refractivity contribution is 5.97. The molecule has 144 valence electrons. The maximum Gasteiger partial charge on any atom is 0.338 e. The van der Waals surface area contributed by atoms with Gasteiger partial charge in [-0.25, -0.2) is 9.18 Å². The summed E-state index contributed by atoms with van der Waals surface area (Å²) in [6, 6.07) is 11.8. The first-order valence-corrected chi connectivity index (χ1v) is 9.54. The van der Waals surface area contributed by atoms with Gasteiger partial charge in [-0.05, 0) is 61.7 Å². The molecule has 2 heterocycles. The van der Waals surface area contributed by atoms with E-state index in [4.69, 9.17) is 9.84 Å². The monoisotopic (exact) mass is 379 g/mol. The van der Waals surface area contributed by atoms with E-state index in [0.717, 1.165) is 48.1 Å². The summed E-state index contributed by atoms with van der Waals surface area (Å²) < 4.78 is 18.3. The van der Waals surface area contributed by atoms with Crippen LogP contribution in [0.3, 0.4) is 0 Å². The van der Waals surface area contributed by atoms with Gasteiger partial charge in [0.05, 0.1) is 23.4 Å². The molecule has 0 aliphatic carbocycles. The second-order valence-electron chi connectivity index (χ2n) is 6.77. The van der Waals surface area contributed by atoms with Crippen LogP contribution in [0.2, 0.25) is 0 Å². The molecule has 6 heteroatoms. The highest BCUT2D eigenvalue weighted by Gasteiger charge is 2.19. The van der Waals surface area contributed by atoms with E-state index < -0.39 is 0 Å². The Labute approximate surface area is 163 Å². The summed E-state index contributed by atoms with van der Waals surface area (Å²) in [5.74, 6) is -0.601. The van der Waals surface area contributed by atoms with Crippen molar-refractivity contribution < 1.29 is 13.9 Å². The van der Waals surface area contributed by atoms with Crippen LogP contribution in [0.4, 0.5) is 4.39 Å². The fourth-order valence-corrected chi connectivity index (χ4v) is 3.44. The Morgan fingerprint density at radius 2 is 1.89 bits per heavy atom. The van der Waals surface area contributed by atoms with E-state index in [-0.39, 0.29) is 11.8 Å². The van der Waals surface area contributed by atoms with Gasteiger partial charge in [0.1, 0.15) is 5.82 Å². The molecule has 0 N–H and O–H groups in total. The van der Waals surface area contributed by atoms with Gasteiger partial charge < -0.3 is 4.74 Å². The van der Waals surface area contributed by atoms with E-state index in [1.807, 2.05) is 29.1 Å². The normalized spacial score (nSPS) is 14.3. The topological polar surface area (TPSA) is 47.4 Å². The summed E-state index contributed by atoms with van der Waals surface area (Å²) in [5, 5.41) is 7.83. The Morgan fingerprint density at radius 3 is 2.61 bits per heavy atom. The summed E-state index contributed by atoms with van der Waals surface area (Å²) in [7, 11) is 0. The zero-order valence-electron chi connectivity index (χ0n) is 15.8. The molecule has 1 aromatic heterocycles. The van der Waals surface area contributed by atoms with Gasteiger partial charge in [0.2, 0.25) is 0 Å². The van der Waals surface area contributed by atoms with E-state index in [9.17, 15) is 9.18 Å². The van der Waals surface area contributed by atoms with Crippen LogP contribution in [0.15, 0.2) is 42.5 Å². The molecule has 0 unspecified atom stereocenters. The number of ether oxygens (including phenoxy) is 1. The summed E-state index contributed by atoms with van der Waals surface area (Å²) in [5.41, 5.74) is 3.11. The van der Waals surface area contributed by atoms with E-state index in [1.54, 1.807) is 25.1 Å². The molecular formula is C22H22FN3O2. The Bertz CT molecular complexity index is 1020. The summed E-state index contributed by atoms with van der Waals surface area (Å²) in [6.45, 7) is 4.01. The minimum Gasteiger partial charge on any atom is -0.462 e. The minimum absolute atomic E-state index is 0.260. The Balaban J connectivity index is 1.79. The van der Waals surface area contributed by atoms with Crippen LogP contribution in [0.5, 0.6) is 0 Å². The zero-order chi connectivity index (χ0) is 19.5. The third-order valence-electron chi connectivity index (χ3n) is 4.86. The van der Waals surface area contributed by atoms with Crippen molar-refractivity contribution in [2.45, 2.75) is 19.8 Å². The first-order valence-electron chi connectivity index (χ1n) is 9.54. The van der Waals surface area contributed by atoms with Gasteiger partial charge in [0.15, 0.2) is 0 Å². The maximum atomic E-state index is 13.2. The third-order valence-corrected chi connectivity index (χ3v) is 4.86. The highest BCUT2D eigenvalue weighted by Crippen LogP contribution is 2.24. The molecule has 0 bridgehead atoms. The van der Waals surface area contributed by atoms with E-state index in [1.165, 1.54) is 12.1 Å². The molecule has 1 saturated heterocycles. The number of benzene rings is 2. The maximum absolute atomic E-state index is 13.2. The molecule has 0 saturated carbocycles. The number of aromatic nitrogens is 2. The van der Waals surface area contributed by atoms with Crippen molar-refractivity contribution in [2.75, 3.05) is 24.7 Å². The van der Waals surface area contributed by atoms with Gasteiger partial charge in [-0.3, -0.25) is 5.01 Å². The number of hydrogen-bond donors (Lipinski definition) is 0. The third kappa shape index (κ3) is 3.63. The second kappa shape index (κ2) is 7.84. The smallest absolute Gasteiger partial charge is 0.338 e. The molecule has 0 radical (unpaired) electrons. The molecular weight excluding hydrogens is 357 g/mol. The lowest BCUT2D eigenvalue weighted by molar-refractivity contribution is 0.0526. The molecule has 0 spiro atoms. The summed E-state index contributed by atoms with van der Waals surface area (Å²) in [4.78, 5) is 14.1. The van der Waals surface area contributed by atoms with E-state index in [0.29, 0.717) is 12.2 Å². The number of nitrogens with zero attached hydrogens (tertiary/aromatic N) is 3. The number of rotatable bonds is 5. The van der Waals surface area contributed by atoms with Crippen molar-refractivity contribution in [2.24, 2.45) is 0 Å². The van der Waals surface area contributed by atoms with Crippen molar-refractivity contribution in [1.82, 2.24) is 9.89 Å². The Kier molecular flexibility index (Phi) is 5.10. The molecule has 1 aliphatic rings. The Hall–Kier alpha value is -3.15. The average Bonchev–Trinajstić information content (AvgIpc) is 3.35. The van der Waals surface area contributed by atoms with E-state index in [2.05, 4.69) is 5.01 Å². The number of carbonyl (C=O) groups is 1. The quantitative estimate of drug-likeness (QED) is 0.622. The summed E-state index contributed by atoms with van der Waals surface area (Å²) in [6.07, 6.45) is 6.16. The molecule has 1 aliphatic heterocycles. The number of carbonyl (C=O) groups excluding carboxylic acids is 1. The number of fused-ring (bicyclic) bond motifs is 1. The molecule has 3 aromatic rings. The zero-order valence-corrected chi connectivity index (χ0v) is 15.8. The minimum atomic E-state index is -0.341. The van der Waals surface area contributed by atoms with Crippen LogP contribution in [-0.2, 0) is 4.74 Å². The molecule has 28 heavy (non-hydrogen) atoms. The largest absolute Gasteiger partial charge is 0.462 e. The van der Waals surface area contributed by atoms with Gasteiger partial charge >= 0.3 is 5.97 Å². The first-order chi connectivity index (χ1) is 13.7. The van der Waals surface area contributed by atoms with Gasteiger partial charge in [-0.1, -0.05) is 18.2 Å². The SMILES string of the molecule is CCOC(=O)c1ccc2nn(N3CCCC3)c(/C=C/c3ccc(F)cc3)c2c1. The first kappa shape index (κ1) is 18.2. The van der Waals surface area contributed by atoms with Crippen LogP contribution in [-0.4, -0.2) is 35.6 Å². The summed E-state index contributed by atoms with van der Waals surface area (Å²) >= 11 is 0. The van der Waals surface area contributed by atoms with Crippen LogP contribution < -0.4 is 5.01 Å². The van der Waals surface area contributed by atoms with Gasteiger partial charge in [0, 0.05) is 18.5 Å². The number of esters is 1. The lowest BCUT2D eigenvalue weighted by Crippen LogP contribution is -2.33. The van der Waals surface area contributed by atoms with Crippen molar-refractivity contribution in [1.29, 1.82) is 0 Å². The Morgan fingerprint density at radius 1 is 1.14 bits per heavy atom. The van der Waals surface area contributed by atoms with Crippen molar-refractivity contribution in [3.05, 3.63) is 65.1 Å². The predicted octanol–water partition coefficient (Wildman–Crippen LogP) is 4.25. The standard InChI is InChI=1S/C22H22FN3O2/c1-2-28-22(27)17-8-11-20-19(15-17)21(26(24-20)25-13-3-4-14-25)12-7-16-5-9-18(23)10-6-16/h5-12,15H,2-4,13-14H2,1H3/b12-7+. The van der Waals surface area contributed by atoms with Gasteiger partial charge in [0.25, 0.3) is 0 Å².